The second-order valence-electron chi connectivity index (χ2n) is 4.23. The van der Waals surface area contributed by atoms with Crippen molar-refractivity contribution in [2.45, 2.75) is 31.6 Å². The summed E-state index contributed by atoms with van der Waals surface area (Å²) in [7, 11) is 0. The van der Waals surface area contributed by atoms with Crippen molar-refractivity contribution in [2.24, 2.45) is 5.73 Å². The molecule has 0 unspecified atom stereocenters. The van der Waals surface area contributed by atoms with Gasteiger partial charge in [-0.3, -0.25) is 4.79 Å². The van der Waals surface area contributed by atoms with Crippen LogP contribution in [0.1, 0.15) is 31.7 Å². The Bertz CT molecular complexity index is 394. The average molecular weight is 216 g/mol. The lowest BCUT2D eigenvalue weighted by atomic mass is 9.76. The highest BCUT2D eigenvalue weighted by atomic mass is 16.1. The maximum absolute atomic E-state index is 10.8. The van der Waals surface area contributed by atoms with Gasteiger partial charge in [-0.05, 0) is 12.0 Å². The second kappa shape index (κ2) is 5.32. The van der Waals surface area contributed by atoms with Crippen molar-refractivity contribution in [1.82, 2.24) is 0 Å². The summed E-state index contributed by atoms with van der Waals surface area (Å²) >= 11 is 0. The number of carbonyl (C=O) groups excluding carboxylic acids is 1. The first-order chi connectivity index (χ1) is 7.58. The summed E-state index contributed by atoms with van der Waals surface area (Å²) in [6, 6.07) is 12.0. The molecule has 1 rings (SSSR count). The summed E-state index contributed by atoms with van der Waals surface area (Å²) in [4.78, 5) is 10.8. The maximum Gasteiger partial charge on any atom is 0.217 e. The highest BCUT2D eigenvalue weighted by Crippen LogP contribution is 2.31. The lowest BCUT2D eigenvalue weighted by Crippen LogP contribution is -2.24. The van der Waals surface area contributed by atoms with Crippen molar-refractivity contribution < 1.29 is 4.79 Å². The molecule has 0 aliphatic rings. The molecule has 1 atom stereocenters. The Hall–Kier alpha value is -1.82. The molecule has 0 saturated heterocycles. The summed E-state index contributed by atoms with van der Waals surface area (Å²) in [5, 5.41) is 8.86. The molecule has 0 bridgehead atoms. The Balaban J connectivity index is 2.89. The third-order valence-corrected chi connectivity index (χ3v) is 2.86. The van der Waals surface area contributed by atoms with E-state index in [-0.39, 0.29) is 11.3 Å². The lowest BCUT2D eigenvalue weighted by molar-refractivity contribution is -0.118. The number of hydrogen-bond acceptors (Lipinski definition) is 2. The minimum atomic E-state index is -0.319. The number of nitrogens with two attached hydrogens (primary N) is 1. The molecule has 0 aliphatic heterocycles. The first kappa shape index (κ1) is 12.3. The van der Waals surface area contributed by atoms with Gasteiger partial charge < -0.3 is 5.73 Å². The van der Waals surface area contributed by atoms with Gasteiger partial charge >= 0.3 is 0 Å². The fourth-order valence-corrected chi connectivity index (χ4v) is 1.75. The summed E-state index contributed by atoms with van der Waals surface area (Å²) in [5.41, 5.74) is 5.95. The number of nitrogens with zero attached hydrogens (tertiary/aromatic N) is 1. The van der Waals surface area contributed by atoms with Gasteiger partial charge in [0.1, 0.15) is 0 Å². The number of nitriles is 1. The average Bonchev–Trinajstić information content (AvgIpc) is 2.28. The Kier molecular flexibility index (Phi) is 4.07. The first-order valence-corrected chi connectivity index (χ1v) is 5.29. The third kappa shape index (κ3) is 3.09. The minimum absolute atomic E-state index is 0.287. The van der Waals surface area contributed by atoms with E-state index < -0.39 is 0 Å². The van der Waals surface area contributed by atoms with Crippen molar-refractivity contribution in [2.75, 3.05) is 0 Å². The van der Waals surface area contributed by atoms with Crippen molar-refractivity contribution in [1.29, 1.82) is 5.26 Å². The SMILES string of the molecule is C[C@@](CC#N)(CCC(N)=O)c1ccccc1. The zero-order valence-electron chi connectivity index (χ0n) is 9.44. The highest BCUT2D eigenvalue weighted by Gasteiger charge is 2.26. The van der Waals surface area contributed by atoms with Crippen molar-refractivity contribution in [3.05, 3.63) is 35.9 Å². The van der Waals surface area contributed by atoms with Gasteiger partial charge in [-0.1, -0.05) is 37.3 Å². The summed E-state index contributed by atoms with van der Waals surface area (Å²) < 4.78 is 0. The zero-order valence-corrected chi connectivity index (χ0v) is 9.44. The molecule has 16 heavy (non-hydrogen) atoms. The fraction of sp³-hybridized carbons (Fsp3) is 0.385. The number of hydrogen-bond donors (Lipinski definition) is 1. The van der Waals surface area contributed by atoms with Crippen molar-refractivity contribution in [3.8, 4) is 6.07 Å². The maximum atomic E-state index is 10.8. The summed E-state index contributed by atoms with van der Waals surface area (Å²) in [6.07, 6.45) is 1.32. The molecule has 0 spiro atoms. The van der Waals surface area contributed by atoms with Gasteiger partial charge in [0.2, 0.25) is 5.91 Å². The van der Waals surface area contributed by atoms with E-state index in [1.54, 1.807) is 0 Å². The van der Waals surface area contributed by atoms with Crippen molar-refractivity contribution >= 4 is 5.91 Å². The quantitative estimate of drug-likeness (QED) is 0.819. The Morgan fingerprint density at radius 1 is 1.44 bits per heavy atom. The fourth-order valence-electron chi connectivity index (χ4n) is 1.75. The largest absolute Gasteiger partial charge is 0.370 e. The molecular weight excluding hydrogens is 200 g/mol. The van der Waals surface area contributed by atoms with Crippen LogP contribution in [0.15, 0.2) is 30.3 Å². The molecule has 0 fully saturated rings. The van der Waals surface area contributed by atoms with E-state index in [1.807, 2.05) is 37.3 Å². The second-order valence-corrected chi connectivity index (χ2v) is 4.23. The smallest absolute Gasteiger partial charge is 0.217 e. The third-order valence-electron chi connectivity index (χ3n) is 2.86. The number of amides is 1. The number of benzene rings is 1. The van der Waals surface area contributed by atoms with Crippen molar-refractivity contribution in [3.63, 3.8) is 0 Å². The molecule has 0 saturated carbocycles. The van der Waals surface area contributed by atoms with Crippen LogP contribution in [0.2, 0.25) is 0 Å². The van der Waals surface area contributed by atoms with Crippen LogP contribution >= 0.6 is 0 Å². The Labute approximate surface area is 95.9 Å². The number of carbonyl (C=O) groups is 1. The van der Waals surface area contributed by atoms with Gasteiger partial charge in [-0.15, -0.1) is 0 Å². The Morgan fingerprint density at radius 3 is 2.56 bits per heavy atom. The van der Waals surface area contributed by atoms with Crippen LogP contribution in [0.5, 0.6) is 0 Å². The summed E-state index contributed by atoms with van der Waals surface area (Å²) in [5.74, 6) is -0.319. The van der Waals surface area contributed by atoms with Crippen LogP contribution in [-0.2, 0) is 10.2 Å². The molecule has 0 aliphatic carbocycles. The van der Waals surface area contributed by atoms with Crippen LogP contribution in [-0.4, -0.2) is 5.91 Å². The van der Waals surface area contributed by atoms with Gasteiger partial charge in [-0.25, -0.2) is 0 Å². The number of rotatable bonds is 5. The normalized spacial score (nSPS) is 13.8. The molecule has 0 heterocycles. The topological polar surface area (TPSA) is 66.9 Å². The molecule has 1 amide bonds. The molecule has 3 nitrogen and oxygen atoms in total. The standard InChI is InChI=1S/C13H16N2O/c1-13(9-10-14,8-7-12(15)16)11-5-3-2-4-6-11/h2-6H,7-9H2,1H3,(H2,15,16)/t13-/m0/s1. The molecule has 84 valence electrons. The lowest BCUT2D eigenvalue weighted by Gasteiger charge is -2.27. The first-order valence-electron chi connectivity index (χ1n) is 5.29. The molecule has 0 aromatic heterocycles. The van der Waals surface area contributed by atoms with Crippen LogP contribution < -0.4 is 5.73 Å². The minimum Gasteiger partial charge on any atom is -0.370 e. The zero-order chi connectivity index (χ0) is 12.0. The van der Waals surface area contributed by atoms with Crippen LogP contribution in [0.25, 0.3) is 0 Å². The van der Waals surface area contributed by atoms with E-state index in [2.05, 4.69) is 6.07 Å². The van der Waals surface area contributed by atoms with Gasteiger partial charge in [0.15, 0.2) is 0 Å². The van der Waals surface area contributed by atoms with Gasteiger partial charge in [0.25, 0.3) is 0 Å². The van der Waals surface area contributed by atoms with E-state index in [0.717, 1.165) is 5.56 Å². The molecule has 2 N–H and O–H groups in total. The molecule has 0 radical (unpaired) electrons. The van der Waals surface area contributed by atoms with E-state index in [0.29, 0.717) is 19.3 Å². The molecule has 3 heteroatoms. The monoisotopic (exact) mass is 216 g/mol. The van der Waals surface area contributed by atoms with Gasteiger partial charge in [0.05, 0.1) is 6.07 Å². The predicted octanol–water partition coefficient (Wildman–Crippen LogP) is 2.12. The molecule has 1 aromatic rings. The van der Waals surface area contributed by atoms with E-state index >= 15 is 0 Å². The Morgan fingerprint density at radius 2 is 2.06 bits per heavy atom. The molecule has 1 aromatic carbocycles. The van der Waals surface area contributed by atoms with Crippen LogP contribution in [0.3, 0.4) is 0 Å². The van der Waals surface area contributed by atoms with Crippen LogP contribution in [0, 0.1) is 11.3 Å². The van der Waals surface area contributed by atoms with Gasteiger partial charge in [0, 0.05) is 18.3 Å². The van der Waals surface area contributed by atoms with E-state index in [1.165, 1.54) is 0 Å². The van der Waals surface area contributed by atoms with E-state index in [9.17, 15) is 4.79 Å². The van der Waals surface area contributed by atoms with Crippen LogP contribution in [0.4, 0.5) is 0 Å². The van der Waals surface area contributed by atoms with Gasteiger partial charge in [-0.2, -0.15) is 5.26 Å². The highest BCUT2D eigenvalue weighted by molar-refractivity contribution is 5.73. The number of primary amides is 1. The predicted molar refractivity (Wildman–Crippen MR) is 62.5 cm³/mol. The molecular formula is C13H16N2O. The van der Waals surface area contributed by atoms with E-state index in [4.69, 9.17) is 11.0 Å². The summed E-state index contributed by atoms with van der Waals surface area (Å²) in [6.45, 7) is 1.99.